The van der Waals surface area contributed by atoms with E-state index in [0.717, 1.165) is 28.6 Å². The van der Waals surface area contributed by atoms with Crippen LogP contribution >= 0.6 is 0 Å². The monoisotopic (exact) mass is 651 g/mol. The fourth-order valence-electron chi connectivity index (χ4n) is 8.32. The number of anilines is 3. The second-order valence-electron chi connectivity index (χ2n) is 13.3. The van der Waals surface area contributed by atoms with Crippen LogP contribution in [-0.4, -0.2) is 0 Å². The highest BCUT2D eigenvalue weighted by atomic mass is 16.5. The van der Waals surface area contributed by atoms with Gasteiger partial charge in [-0.05, 0) is 99.1 Å². The SMILES string of the molecule is c1ccc(-c2ccc(N(c3ccccc3)c3cccc(-c4ccc5c(c4)-c4ccccc4C54c5ccccc5Oc5ccccc54)c3)cc2)cc1. The van der Waals surface area contributed by atoms with Gasteiger partial charge in [0.05, 0.1) is 5.41 Å². The van der Waals surface area contributed by atoms with Crippen molar-refractivity contribution in [2.75, 3.05) is 4.90 Å². The van der Waals surface area contributed by atoms with Crippen molar-refractivity contribution >= 4 is 17.1 Å². The zero-order valence-corrected chi connectivity index (χ0v) is 27.9. The van der Waals surface area contributed by atoms with E-state index in [1.54, 1.807) is 0 Å². The lowest BCUT2D eigenvalue weighted by Crippen LogP contribution is -2.32. The van der Waals surface area contributed by atoms with Gasteiger partial charge >= 0.3 is 0 Å². The maximum atomic E-state index is 6.52. The van der Waals surface area contributed by atoms with Crippen LogP contribution in [0.5, 0.6) is 11.5 Å². The Kier molecular flexibility index (Phi) is 6.75. The lowest BCUT2D eigenvalue weighted by Gasteiger charge is -2.39. The van der Waals surface area contributed by atoms with E-state index >= 15 is 0 Å². The maximum absolute atomic E-state index is 6.52. The molecule has 0 amide bonds. The Morgan fingerprint density at radius 3 is 1.53 bits per heavy atom. The van der Waals surface area contributed by atoms with Gasteiger partial charge < -0.3 is 9.64 Å². The van der Waals surface area contributed by atoms with Crippen LogP contribution in [0.25, 0.3) is 33.4 Å². The van der Waals surface area contributed by atoms with E-state index in [1.165, 1.54) is 55.6 Å². The fourth-order valence-corrected chi connectivity index (χ4v) is 8.32. The van der Waals surface area contributed by atoms with E-state index in [1.807, 2.05) is 0 Å². The molecule has 1 spiro atoms. The van der Waals surface area contributed by atoms with Gasteiger partial charge in [-0.3, -0.25) is 0 Å². The highest BCUT2D eigenvalue weighted by Crippen LogP contribution is 2.62. The lowest BCUT2D eigenvalue weighted by molar-refractivity contribution is 0.436. The Morgan fingerprint density at radius 1 is 0.314 bits per heavy atom. The van der Waals surface area contributed by atoms with Crippen LogP contribution < -0.4 is 9.64 Å². The van der Waals surface area contributed by atoms with Gasteiger partial charge in [-0.25, -0.2) is 0 Å². The quantitative estimate of drug-likeness (QED) is 0.184. The molecule has 1 aliphatic heterocycles. The van der Waals surface area contributed by atoms with E-state index in [9.17, 15) is 0 Å². The molecule has 1 aliphatic carbocycles. The Morgan fingerprint density at radius 2 is 0.804 bits per heavy atom. The number of fused-ring (bicyclic) bond motifs is 9. The number of nitrogens with zero attached hydrogens (tertiary/aromatic N) is 1. The summed E-state index contributed by atoms with van der Waals surface area (Å²) >= 11 is 0. The summed E-state index contributed by atoms with van der Waals surface area (Å²) in [6, 6.07) is 72.0. The highest BCUT2D eigenvalue weighted by Gasteiger charge is 2.50. The van der Waals surface area contributed by atoms with Crippen LogP contribution in [0.1, 0.15) is 22.3 Å². The number of benzene rings is 8. The predicted octanol–water partition coefficient (Wildman–Crippen LogP) is 13.0. The topological polar surface area (TPSA) is 12.5 Å². The molecule has 240 valence electrons. The fraction of sp³-hybridized carbons (Fsp3) is 0.0204. The molecule has 8 aromatic carbocycles. The molecule has 1 heterocycles. The molecule has 0 saturated heterocycles. The molecule has 10 rings (SSSR count). The molecule has 0 bridgehead atoms. The number of hydrogen-bond acceptors (Lipinski definition) is 2. The first-order valence-electron chi connectivity index (χ1n) is 17.5. The van der Waals surface area contributed by atoms with Crippen molar-refractivity contribution in [2.24, 2.45) is 0 Å². The standard InChI is InChI=1S/C49H33NO/c1-3-14-34(15-4-1)35-26-29-39(30-27-35)50(38-17-5-2-6-18-38)40-19-13-16-36(32-40)37-28-31-44-42(33-37)41-20-7-8-21-43(41)49(44)45-22-9-11-24-47(45)51-48-25-12-10-23-46(48)49/h1-33H. The normalized spacial score (nSPS) is 13.0. The Hall–Kier alpha value is -6.64. The molecule has 0 aromatic heterocycles. The van der Waals surface area contributed by atoms with Crippen LogP contribution in [-0.2, 0) is 5.41 Å². The number of hydrogen-bond donors (Lipinski definition) is 0. The molecule has 0 atom stereocenters. The molecule has 0 fully saturated rings. The summed E-state index contributed by atoms with van der Waals surface area (Å²) in [6.45, 7) is 0. The first-order valence-corrected chi connectivity index (χ1v) is 17.5. The van der Waals surface area contributed by atoms with Crippen LogP contribution in [0.2, 0.25) is 0 Å². The van der Waals surface area contributed by atoms with Crippen molar-refractivity contribution in [3.8, 4) is 44.9 Å². The summed E-state index contributed by atoms with van der Waals surface area (Å²) in [5, 5.41) is 0. The lowest BCUT2D eigenvalue weighted by atomic mass is 9.66. The zero-order valence-electron chi connectivity index (χ0n) is 27.9. The van der Waals surface area contributed by atoms with Crippen LogP contribution in [0.3, 0.4) is 0 Å². The highest BCUT2D eigenvalue weighted by molar-refractivity contribution is 5.91. The minimum absolute atomic E-state index is 0.465. The van der Waals surface area contributed by atoms with Crippen molar-refractivity contribution in [2.45, 2.75) is 5.41 Å². The molecular formula is C49H33NO. The van der Waals surface area contributed by atoms with E-state index in [-0.39, 0.29) is 0 Å². The summed E-state index contributed by atoms with van der Waals surface area (Å²) in [6.07, 6.45) is 0. The summed E-state index contributed by atoms with van der Waals surface area (Å²) in [7, 11) is 0. The van der Waals surface area contributed by atoms with E-state index in [2.05, 4.69) is 205 Å². The van der Waals surface area contributed by atoms with Gasteiger partial charge in [0.1, 0.15) is 11.5 Å². The molecule has 0 radical (unpaired) electrons. The van der Waals surface area contributed by atoms with Gasteiger partial charge in [0, 0.05) is 28.2 Å². The van der Waals surface area contributed by atoms with Crippen LogP contribution in [0, 0.1) is 0 Å². The van der Waals surface area contributed by atoms with Crippen molar-refractivity contribution in [3.63, 3.8) is 0 Å². The predicted molar refractivity (Wildman–Crippen MR) is 209 cm³/mol. The van der Waals surface area contributed by atoms with Gasteiger partial charge in [0.15, 0.2) is 0 Å². The second-order valence-corrected chi connectivity index (χ2v) is 13.3. The molecule has 0 saturated carbocycles. The van der Waals surface area contributed by atoms with Crippen LogP contribution in [0.15, 0.2) is 200 Å². The summed E-state index contributed by atoms with van der Waals surface area (Å²) in [5.41, 5.74) is 15.1. The molecular weight excluding hydrogens is 619 g/mol. The third kappa shape index (κ3) is 4.57. The first-order chi connectivity index (χ1) is 25.3. The minimum Gasteiger partial charge on any atom is -0.457 e. The third-order valence-electron chi connectivity index (χ3n) is 10.5. The van der Waals surface area contributed by atoms with Gasteiger partial charge in [-0.1, -0.05) is 146 Å². The smallest absolute Gasteiger partial charge is 0.132 e. The Bertz CT molecular complexity index is 2510. The molecule has 2 heteroatoms. The molecule has 0 N–H and O–H groups in total. The number of ether oxygens (including phenoxy) is 1. The van der Waals surface area contributed by atoms with Gasteiger partial charge in [-0.2, -0.15) is 0 Å². The van der Waals surface area contributed by atoms with Gasteiger partial charge in [-0.15, -0.1) is 0 Å². The summed E-state index contributed by atoms with van der Waals surface area (Å²) < 4.78 is 6.52. The maximum Gasteiger partial charge on any atom is 0.132 e. The molecule has 0 unspecified atom stereocenters. The van der Waals surface area contributed by atoms with Gasteiger partial charge in [0.2, 0.25) is 0 Å². The minimum atomic E-state index is -0.465. The third-order valence-corrected chi connectivity index (χ3v) is 10.5. The van der Waals surface area contributed by atoms with Crippen molar-refractivity contribution in [3.05, 3.63) is 222 Å². The van der Waals surface area contributed by atoms with Crippen molar-refractivity contribution in [1.82, 2.24) is 0 Å². The van der Waals surface area contributed by atoms with Crippen LogP contribution in [0.4, 0.5) is 17.1 Å². The molecule has 2 nitrogen and oxygen atoms in total. The Labute approximate surface area is 298 Å². The molecule has 51 heavy (non-hydrogen) atoms. The summed E-state index contributed by atoms with van der Waals surface area (Å²) in [5.74, 6) is 1.82. The molecule has 8 aromatic rings. The van der Waals surface area contributed by atoms with E-state index in [4.69, 9.17) is 4.74 Å². The van der Waals surface area contributed by atoms with E-state index < -0.39 is 5.41 Å². The first kappa shape index (κ1) is 29.3. The largest absolute Gasteiger partial charge is 0.457 e. The number of rotatable bonds is 5. The average Bonchev–Trinajstić information content (AvgIpc) is 3.49. The van der Waals surface area contributed by atoms with Crippen molar-refractivity contribution in [1.29, 1.82) is 0 Å². The molecule has 2 aliphatic rings. The van der Waals surface area contributed by atoms with Gasteiger partial charge in [0.25, 0.3) is 0 Å². The van der Waals surface area contributed by atoms with Crippen molar-refractivity contribution < 1.29 is 4.74 Å². The summed E-state index contributed by atoms with van der Waals surface area (Å²) in [4.78, 5) is 2.34. The second kappa shape index (κ2) is 11.8. The zero-order chi connectivity index (χ0) is 33.8. The van der Waals surface area contributed by atoms with E-state index in [0.29, 0.717) is 0 Å². The average molecular weight is 652 g/mol. The number of para-hydroxylation sites is 3. The Balaban J connectivity index is 1.11.